The minimum Gasteiger partial charge on any atom is -0.495 e. The maximum atomic E-state index is 12.6. The molecule has 2 aliphatic rings. The lowest BCUT2D eigenvalue weighted by molar-refractivity contribution is -0.117. The molecule has 154 valence electrons. The number of nitrogens with one attached hydrogen (secondary N) is 1. The molecule has 1 N–H and O–H groups in total. The summed E-state index contributed by atoms with van der Waals surface area (Å²) in [5.41, 5.74) is 1.82. The lowest BCUT2D eigenvalue weighted by Gasteiger charge is -2.25. The minimum atomic E-state index is -0.0625. The van der Waals surface area contributed by atoms with Crippen molar-refractivity contribution in [2.24, 2.45) is 0 Å². The van der Waals surface area contributed by atoms with Gasteiger partial charge in [0.25, 0.3) is 0 Å². The second-order valence-electron chi connectivity index (χ2n) is 7.28. The van der Waals surface area contributed by atoms with Crippen LogP contribution in [0.25, 0.3) is 0 Å². The lowest BCUT2D eigenvalue weighted by Crippen LogP contribution is -2.32. The van der Waals surface area contributed by atoms with Crippen molar-refractivity contribution >= 4 is 23.2 Å². The van der Waals surface area contributed by atoms with E-state index in [0.29, 0.717) is 36.2 Å². The highest BCUT2D eigenvalue weighted by atomic mass is 35.5. The van der Waals surface area contributed by atoms with Gasteiger partial charge in [0.2, 0.25) is 5.91 Å². The Labute approximate surface area is 175 Å². The molecule has 2 aliphatic heterocycles. The first-order valence-corrected chi connectivity index (χ1v) is 10.3. The number of hydrogen-bond acceptors (Lipinski definition) is 5. The van der Waals surface area contributed by atoms with Crippen LogP contribution in [0.3, 0.4) is 0 Å². The van der Waals surface area contributed by atoms with E-state index in [1.807, 2.05) is 6.07 Å². The average Bonchev–Trinajstić information content (AvgIpc) is 3.03. The smallest absolute Gasteiger partial charge is 0.238 e. The van der Waals surface area contributed by atoms with Crippen molar-refractivity contribution in [1.82, 2.24) is 4.90 Å². The molecule has 0 unspecified atom stereocenters. The number of amides is 1. The van der Waals surface area contributed by atoms with E-state index in [4.69, 9.17) is 25.8 Å². The molecule has 2 aromatic rings. The third-order valence-corrected chi connectivity index (χ3v) is 5.60. The van der Waals surface area contributed by atoms with Crippen LogP contribution in [0.15, 0.2) is 36.4 Å². The molecular formula is C22H25ClN2O4. The van der Waals surface area contributed by atoms with Crippen LogP contribution in [0.5, 0.6) is 17.2 Å². The topological polar surface area (TPSA) is 60.0 Å². The van der Waals surface area contributed by atoms with Gasteiger partial charge in [0, 0.05) is 18.2 Å². The van der Waals surface area contributed by atoms with Crippen molar-refractivity contribution < 1.29 is 19.0 Å². The highest BCUT2D eigenvalue weighted by Gasteiger charge is 2.28. The number of halogens is 1. The largest absolute Gasteiger partial charge is 0.495 e. The van der Waals surface area contributed by atoms with E-state index in [1.165, 1.54) is 0 Å². The lowest BCUT2D eigenvalue weighted by atomic mass is 10.0. The summed E-state index contributed by atoms with van der Waals surface area (Å²) >= 11 is 6.15. The molecule has 0 aromatic heterocycles. The number of fused-ring (bicyclic) bond motifs is 1. The van der Waals surface area contributed by atoms with E-state index in [1.54, 1.807) is 25.3 Å². The van der Waals surface area contributed by atoms with Gasteiger partial charge in [-0.2, -0.15) is 0 Å². The summed E-state index contributed by atoms with van der Waals surface area (Å²) in [5.74, 6) is 2.11. The summed E-state index contributed by atoms with van der Waals surface area (Å²) in [6.45, 7) is 2.55. The number of anilines is 1. The van der Waals surface area contributed by atoms with Gasteiger partial charge in [0.15, 0.2) is 11.5 Å². The zero-order valence-corrected chi connectivity index (χ0v) is 17.2. The van der Waals surface area contributed by atoms with E-state index in [-0.39, 0.29) is 11.9 Å². The second-order valence-corrected chi connectivity index (χ2v) is 7.69. The summed E-state index contributed by atoms with van der Waals surface area (Å²) in [5, 5.41) is 3.39. The molecule has 1 atom stereocenters. The number of benzene rings is 2. The number of rotatable bonds is 5. The van der Waals surface area contributed by atoms with Gasteiger partial charge in [-0.1, -0.05) is 17.7 Å². The van der Waals surface area contributed by atoms with E-state index in [2.05, 4.69) is 22.3 Å². The predicted octanol–water partition coefficient (Wildman–Crippen LogP) is 4.29. The van der Waals surface area contributed by atoms with Gasteiger partial charge in [-0.3, -0.25) is 9.69 Å². The molecule has 7 heteroatoms. The molecule has 0 spiro atoms. The fourth-order valence-corrected chi connectivity index (χ4v) is 4.17. The van der Waals surface area contributed by atoms with Crippen LogP contribution >= 0.6 is 11.6 Å². The first kappa shape index (κ1) is 19.9. The van der Waals surface area contributed by atoms with Gasteiger partial charge in [-0.15, -0.1) is 0 Å². The van der Waals surface area contributed by atoms with Crippen molar-refractivity contribution in [3.8, 4) is 17.2 Å². The fourth-order valence-electron chi connectivity index (χ4n) is 3.91. The number of methoxy groups -OCH3 is 1. The van der Waals surface area contributed by atoms with Crippen LogP contribution in [0.1, 0.15) is 30.9 Å². The highest BCUT2D eigenvalue weighted by molar-refractivity contribution is 6.32. The second kappa shape index (κ2) is 8.93. The normalized spacial score (nSPS) is 18.9. The van der Waals surface area contributed by atoms with Gasteiger partial charge in [0.1, 0.15) is 5.75 Å². The Bertz CT molecular complexity index is 889. The zero-order valence-electron chi connectivity index (χ0n) is 16.4. The molecule has 1 saturated heterocycles. The van der Waals surface area contributed by atoms with Gasteiger partial charge < -0.3 is 19.5 Å². The van der Waals surface area contributed by atoms with E-state index < -0.39 is 0 Å². The monoisotopic (exact) mass is 416 g/mol. The molecule has 0 aliphatic carbocycles. The average molecular weight is 417 g/mol. The van der Waals surface area contributed by atoms with Crippen LogP contribution in [-0.4, -0.2) is 44.2 Å². The van der Waals surface area contributed by atoms with Gasteiger partial charge in [0.05, 0.1) is 31.9 Å². The molecule has 1 fully saturated rings. The predicted molar refractivity (Wildman–Crippen MR) is 112 cm³/mol. The highest BCUT2D eigenvalue weighted by Crippen LogP contribution is 2.37. The maximum Gasteiger partial charge on any atom is 0.238 e. The van der Waals surface area contributed by atoms with Crippen LogP contribution in [-0.2, 0) is 4.79 Å². The molecule has 29 heavy (non-hydrogen) atoms. The Hall–Kier alpha value is -2.44. The van der Waals surface area contributed by atoms with Crippen molar-refractivity contribution in [3.63, 3.8) is 0 Å². The van der Waals surface area contributed by atoms with E-state index >= 15 is 0 Å². The molecule has 4 rings (SSSR count). The standard InChI is InChI=1S/C22H25ClN2O4/c1-27-19-8-6-16(13-17(19)23)24-22(26)14-25-9-2-4-18(25)15-5-7-20-21(12-15)29-11-3-10-28-20/h5-8,12-13,18H,2-4,9-11,14H2,1H3,(H,24,26)/t18-/m0/s1. The van der Waals surface area contributed by atoms with Gasteiger partial charge in [-0.05, 0) is 55.3 Å². The Morgan fingerprint density at radius 2 is 2.00 bits per heavy atom. The van der Waals surface area contributed by atoms with Crippen LogP contribution < -0.4 is 19.5 Å². The van der Waals surface area contributed by atoms with E-state index in [0.717, 1.165) is 42.9 Å². The Morgan fingerprint density at radius 3 is 2.79 bits per heavy atom. The minimum absolute atomic E-state index is 0.0625. The van der Waals surface area contributed by atoms with Crippen molar-refractivity contribution in [3.05, 3.63) is 47.0 Å². The van der Waals surface area contributed by atoms with E-state index in [9.17, 15) is 4.79 Å². The number of carbonyl (C=O) groups excluding carboxylic acids is 1. The van der Waals surface area contributed by atoms with Crippen LogP contribution in [0.4, 0.5) is 5.69 Å². The maximum absolute atomic E-state index is 12.6. The number of nitrogens with zero attached hydrogens (tertiary/aromatic N) is 1. The van der Waals surface area contributed by atoms with Crippen LogP contribution in [0, 0.1) is 0 Å². The number of hydrogen-bond donors (Lipinski definition) is 1. The number of ether oxygens (including phenoxy) is 3. The summed E-state index contributed by atoms with van der Waals surface area (Å²) in [7, 11) is 1.56. The molecule has 2 aromatic carbocycles. The Balaban J connectivity index is 1.43. The summed E-state index contributed by atoms with van der Waals surface area (Å²) in [4.78, 5) is 14.8. The quantitative estimate of drug-likeness (QED) is 0.788. The third-order valence-electron chi connectivity index (χ3n) is 5.30. The van der Waals surface area contributed by atoms with Gasteiger partial charge in [-0.25, -0.2) is 0 Å². The Morgan fingerprint density at radius 1 is 1.17 bits per heavy atom. The zero-order chi connectivity index (χ0) is 20.2. The SMILES string of the molecule is COc1ccc(NC(=O)CN2CCC[C@H]2c2ccc3c(c2)OCCCO3)cc1Cl. The molecule has 2 heterocycles. The first-order valence-electron chi connectivity index (χ1n) is 9.91. The summed E-state index contributed by atoms with van der Waals surface area (Å²) in [6, 6.07) is 11.5. The molecule has 0 bridgehead atoms. The number of likely N-dealkylation sites (tertiary alicyclic amines) is 1. The molecule has 1 amide bonds. The Kier molecular flexibility index (Phi) is 6.11. The summed E-state index contributed by atoms with van der Waals surface area (Å²) in [6.07, 6.45) is 2.96. The first-order chi connectivity index (χ1) is 14.1. The molecular weight excluding hydrogens is 392 g/mol. The van der Waals surface area contributed by atoms with Crippen LogP contribution in [0.2, 0.25) is 5.02 Å². The molecule has 0 radical (unpaired) electrons. The van der Waals surface area contributed by atoms with Crippen molar-refractivity contribution in [2.75, 3.05) is 38.7 Å². The fraction of sp³-hybridized carbons (Fsp3) is 0.409. The molecule has 6 nitrogen and oxygen atoms in total. The van der Waals surface area contributed by atoms with Gasteiger partial charge >= 0.3 is 0 Å². The van der Waals surface area contributed by atoms with Crippen molar-refractivity contribution in [1.29, 1.82) is 0 Å². The van der Waals surface area contributed by atoms with Crippen molar-refractivity contribution in [2.45, 2.75) is 25.3 Å². The molecule has 0 saturated carbocycles. The third kappa shape index (κ3) is 4.60. The summed E-state index contributed by atoms with van der Waals surface area (Å²) < 4.78 is 16.7. The number of carbonyl (C=O) groups is 1.